The summed E-state index contributed by atoms with van der Waals surface area (Å²) in [6, 6.07) is 15.3. The fourth-order valence-electron chi connectivity index (χ4n) is 3.59. The number of carbonyl (C=O) groups is 1. The quantitative estimate of drug-likeness (QED) is 0.338. The van der Waals surface area contributed by atoms with Crippen LogP contribution >= 0.6 is 15.9 Å². The van der Waals surface area contributed by atoms with Gasteiger partial charge in [-0.05, 0) is 48.7 Å². The Morgan fingerprint density at radius 2 is 2.03 bits per heavy atom. The van der Waals surface area contributed by atoms with Crippen LogP contribution in [0, 0.1) is 0 Å². The standard InChI is InChI=1S/C24H25BrN4O3/c1-3-4-12-31-23(30)21-16(2)28-24-26-15-27-29(24)22(21)18-8-10-20(11-9-18)32-14-17-6-5-7-19(25)13-17/h5-11,13,15,22H,3-4,12,14H2,1-2H3,(H,26,27,28). The molecule has 0 spiro atoms. The third kappa shape index (κ3) is 4.85. The number of carbonyl (C=O) groups excluding carboxylic acids is 1. The molecule has 1 aromatic heterocycles. The maximum atomic E-state index is 12.9. The van der Waals surface area contributed by atoms with Gasteiger partial charge in [-0.3, -0.25) is 0 Å². The molecule has 32 heavy (non-hydrogen) atoms. The van der Waals surface area contributed by atoms with E-state index >= 15 is 0 Å². The molecule has 0 radical (unpaired) electrons. The minimum atomic E-state index is -0.429. The Bertz CT molecular complexity index is 1120. The largest absolute Gasteiger partial charge is 0.489 e. The number of nitrogens with zero attached hydrogens (tertiary/aromatic N) is 3. The second-order valence-electron chi connectivity index (χ2n) is 7.57. The van der Waals surface area contributed by atoms with Gasteiger partial charge in [0.15, 0.2) is 0 Å². The van der Waals surface area contributed by atoms with Gasteiger partial charge in [0.05, 0.1) is 12.2 Å². The van der Waals surface area contributed by atoms with Crippen LogP contribution in [-0.4, -0.2) is 27.3 Å². The lowest BCUT2D eigenvalue weighted by Gasteiger charge is -2.28. The smallest absolute Gasteiger partial charge is 0.338 e. The lowest BCUT2D eigenvalue weighted by molar-refractivity contribution is -0.139. The first-order valence-corrected chi connectivity index (χ1v) is 11.4. The summed E-state index contributed by atoms with van der Waals surface area (Å²) in [6.07, 6.45) is 3.26. The van der Waals surface area contributed by atoms with Crippen LogP contribution in [0.25, 0.3) is 0 Å². The molecular weight excluding hydrogens is 472 g/mol. The van der Waals surface area contributed by atoms with Gasteiger partial charge in [0.2, 0.25) is 5.95 Å². The normalized spacial score (nSPS) is 15.2. The van der Waals surface area contributed by atoms with Crippen molar-refractivity contribution in [2.75, 3.05) is 11.9 Å². The van der Waals surface area contributed by atoms with Crippen molar-refractivity contribution in [1.29, 1.82) is 0 Å². The number of hydrogen-bond donors (Lipinski definition) is 1. The van der Waals surface area contributed by atoms with Crippen LogP contribution in [0.1, 0.15) is 43.9 Å². The van der Waals surface area contributed by atoms with Gasteiger partial charge in [0.1, 0.15) is 24.7 Å². The molecule has 166 valence electrons. The van der Waals surface area contributed by atoms with Crippen molar-refractivity contribution in [1.82, 2.24) is 14.8 Å². The van der Waals surface area contributed by atoms with Gasteiger partial charge in [-0.25, -0.2) is 9.48 Å². The summed E-state index contributed by atoms with van der Waals surface area (Å²) < 4.78 is 14.2. The van der Waals surface area contributed by atoms with E-state index in [1.54, 1.807) is 4.68 Å². The Kier molecular flexibility index (Phi) is 6.90. The molecule has 2 aromatic carbocycles. The summed E-state index contributed by atoms with van der Waals surface area (Å²) in [5.74, 6) is 0.992. The number of benzene rings is 2. The van der Waals surface area contributed by atoms with Gasteiger partial charge in [-0.2, -0.15) is 10.1 Å². The van der Waals surface area contributed by atoms with E-state index in [-0.39, 0.29) is 5.97 Å². The van der Waals surface area contributed by atoms with Crippen molar-refractivity contribution in [2.24, 2.45) is 0 Å². The molecule has 1 aliphatic heterocycles. The minimum Gasteiger partial charge on any atom is -0.489 e. The number of fused-ring (bicyclic) bond motifs is 1. The highest BCUT2D eigenvalue weighted by molar-refractivity contribution is 9.10. The SMILES string of the molecule is CCCCOC(=O)C1=C(C)Nc2ncnn2C1c1ccc(OCc2cccc(Br)c2)cc1. The first kappa shape index (κ1) is 22.1. The maximum Gasteiger partial charge on any atom is 0.338 e. The van der Waals surface area contributed by atoms with Crippen LogP contribution in [-0.2, 0) is 16.1 Å². The second kappa shape index (κ2) is 9.99. The summed E-state index contributed by atoms with van der Waals surface area (Å²) in [7, 11) is 0. The van der Waals surface area contributed by atoms with Crippen LogP contribution in [0.4, 0.5) is 5.95 Å². The molecule has 4 rings (SSSR count). The van der Waals surface area contributed by atoms with E-state index in [9.17, 15) is 4.79 Å². The predicted molar refractivity (Wildman–Crippen MR) is 125 cm³/mol. The predicted octanol–water partition coefficient (Wildman–Crippen LogP) is 5.25. The van der Waals surface area contributed by atoms with E-state index in [1.807, 2.05) is 55.5 Å². The molecule has 8 heteroatoms. The number of anilines is 1. The molecule has 0 aliphatic carbocycles. The van der Waals surface area contributed by atoms with Gasteiger partial charge in [0.25, 0.3) is 0 Å². The number of halogens is 1. The van der Waals surface area contributed by atoms with Crippen LogP contribution in [0.15, 0.2) is 70.6 Å². The third-order valence-corrected chi connectivity index (χ3v) is 5.73. The van der Waals surface area contributed by atoms with E-state index in [2.05, 4.69) is 38.3 Å². The Hall–Kier alpha value is -3.13. The zero-order valence-electron chi connectivity index (χ0n) is 18.0. The van der Waals surface area contributed by atoms with Crippen molar-refractivity contribution >= 4 is 27.8 Å². The molecule has 0 fully saturated rings. The maximum absolute atomic E-state index is 12.9. The number of aromatic nitrogens is 3. The van der Waals surface area contributed by atoms with Gasteiger partial charge in [0, 0.05) is 10.2 Å². The number of hydrogen-bond acceptors (Lipinski definition) is 6. The molecule has 1 atom stereocenters. The van der Waals surface area contributed by atoms with Gasteiger partial charge < -0.3 is 14.8 Å². The van der Waals surface area contributed by atoms with Crippen molar-refractivity contribution in [3.05, 3.63) is 81.7 Å². The first-order valence-electron chi connectivity index (χ1n) is 10.6. The Morgan fingerprint density at radius 1 is 1.22 bits per heavy atom. The van der Waals surface area contributed by atoms with Gasteiger partial charge in [-0.15, -0.1) is 0 Å². The van der Waals surface area contributed by atoms with E-state index in [4.69, 9.17) is 9.47 Å². The fraction of sp³-hybridized carbons (Fsp3) is 0.292. The van der Waals surface area contributed by atoms with E-state index in [0.29, 0.717) is 30.4 Å². The second-order valence-corrected chi connectivity index (χ2v) is 8.49. The number of ether oxygens (including phenoxy) is 2. The Labute approximate surface area is 195 Å². The van der Waals surface area contributed by atoms with Gasteiger partial charge >= 0.3 is 5.97 Å². The average Bonchev–Trinajstić information content (AvgIpc) is 3.25. The molecule has 0 bridgehead atoms. The van der Waals surface area contributed by atoms with Crippen molar-refractivity contribution in [2.45, 2.75) is 39.3 Å². The van der Waals surface area contributed by atoms with Crippen molar-refractivity contribution in [3.63, 3.8) is 0 Å². The molecular formula is C24H25BrN4O3. The zero-order chi connectivity index (χ0) is 22.5. The third-order valence-electron chi connectivity index (χ3n) is 5.24. The molecule has 0 saturated heterocycles. The van der Waals surface area contributed by atoms with Crippen molar-refractivity contribution in [3.8, 4) is 5.75 Å². The molecule has 1 unspecified atom stereocenters. The highest BCUT2D eigenvalue weighted by Crippen LogP contribution is 2.35. The molecule has 0 saturated carbocycles. The van der Waals surface area contributed by atoms with Crippen LogP contribution in [0.5, 0.6) is 5.75 Å². The molecule has 0 amide bonds. The van der Waals surface area contributed by atoms with Gasteiger partial charge in [-0.1, -0.05) is 53.5 Å². The fourth-order valence-corrected chi connectivity index (χ4v) is 4.04. The van der Waals surface area contributed by atoms with Crippen LogP contribution in [0.2, 0.25) is 0 Å². The number of nitrogens with one attached hydrogen (secondary N) is 1. The molecule has 2 heterocycles. The highest BCUT2D eigenvalue weighted by atomic mass is 79.9. The zero-order valence-corrected chi connectivity index (χ0v) is 19.6. The first-order chi connectivity index (χ1) is 15.6. The summed E-state index contributed by atoms with van der Waals surface area (Å²) in [4.78, 5) is 17.2. The monoisotopic (exact) mass is 496 g/mol. The van der Waals surface area contributed by atoms with E-state index in [1.165, 1.54) is 6.33 Å². The minimum absolute atomic E-state index is 0.343. The van der Waals surface area contributed by atoms with Crippen LogP contribution in [0.3, 0.4) is 0 Å². The Morgan fingerprint density at radius 3 is 2.78 bits per heavy atom. The number of allylic oxidation sites excluding steroid dienone is 1. The highest BCUT2D eigenvalue weighted by Gasteiger charge is 2.34. The Balaban J connectivity index is 1.56. The molecule has 1 N–H and O–H groups in total. The van der Waals surface area contributed by atoms with E-state index < -0.39 is 6.04 Å². The summed E-state index contributed by atoms with van der Waals surface area (Å²) >= 11 is 3.48. The molecule has 1 aliphatic rings. The van der Waals surface area contributed by atoms with Crippen LogP contribution < -0.4 is 10.1 Å². The lowest BCUT2D eigenvalue weighted by atomic mass is 9.96. The topological polar surface area (TPSA) is 78.3 Å². The average molecular weight is 497 g/mol. The lowest BCUT2D eigenvalue weighted by Crippen LogP contribution is -2.29. The summed E-state index contributed by atoms with van der Waals surface area (Å²) in [5.41, 5.74) is 3.22. The molecule has 7 nitrogen and oxygen atoms in total. The molecule has 3 aromatic rings. The van der Waals surface area contributed by atoms with Crippen molar-refractivity contribution < 1.29 is 14.3 Å². The summed E-state index contributed by atoms with van der Waals surface area (Å²) in [6.45, 7) is 4.78. The number of rotatable bonds is 8. The number of unbranched alkanes of at least 4 members (excludes halogenated alkanes) is 1. The van der Waals surface area contributed by atoms with E-state index in [0.717, 1.165) is 34.2 Å². The number of esters is 1. The summed E-state index contributed by atoms with van der Waals surface area (Å²) in [5, 5.41) is 7.51.